The van der Waals surface area contributed by atoms with Crippen LogP contribution in [0.1, 0.15) is 28.1 Å². The average Bonchev–Trinajstić information content (AvgIpc) is 3.00. The second kappa shape index (κ2) is 7.10. The van der Waals surface area contributed by atoms with Crippen molar-refractivity contribution in [3.63, 3.8) is 0 Å². The van der Waals surface area contributed by atoms with Crippen molar-refractivity contribution < 1.29 is 9.53 Å². The van der Waals surface area contributed by atoms with Gasteiger partial charge in [-0.1, -0.05) is 0 Å². The van der Waals surface area contributed by atoms with E-state index in [2.05, 4.69) is 15.2 Å². The SMILES string of the molecule is COC1CCN(c2ccc(C(=O)Nc3ncc(C)s3)cc2)CC1. The van der Waals surface area contributed by atoms with Crippen molar-refractivity contribution >= 4 is 28.1 Å². The predicted molar refractivity (Wildman–Crippen MR) is 93.5 cm³/mol. The van der Waals surface area contributed by atoms with Crippen LogP contribution < -0.4 is 10.2 Å². The third-order valence-electron chi connectivity index (χ3n) is 4.11. The van der Waals surface area contributed by atoms with Gasteiger partial charge < -0.3 is 9.64 Å². The molecule has 6 heteroatoms. The number of piperidine rings is 1. The lowest BCUT2D eigenvalue weighted by molar-refractivity contribution is 0.0819. The first-order valence-electron chi connectivity index (χ1n) is 7.77. The van der Waals surface area contributed by atoms with E-state index in [9.17, 15) is 4.79 Å². The molecule has 23 heavy (non-hydrogen) atoms. The number of nitrogens with one attached hydrogen (secondary N) is 1. The number of thiazole rings is 1. The highest BCUT2D eigenvalue weighted by Crippen LogP contribution is 2.22. The minimum absolute atomic E-state index is 0.121. The van der Waals surface area contributed by atoms with Gasteiger partial charge in [-0.15, -0.1) is 11.3 Å². The predicted octanol–water partition coefficient (Wildman–Crippen LogP) is 3.32. The molecule has 0 saturated carbocycles. The number of aryl methyl sites for hydroxylation is 1. The van der Waals surface area contributed by atoms with Crippen LogP contribution in [0.3, 0.4) is 0 Å². The fourth-order valence-corrected chi connectivity index (χ4v) is 3.41. The molecule has 0 bridgehead atoms. The molecule has 122 valence electrons. The molecular weight excluding hydrogens is 310 g/mol. The third kappa shape index (κ3) is 3.89. The summed E-state index contributed by atoms with van der Waals surface area (Å²) < 4.78 is 5.40. The molecule has 1 amide bonds. The summed E-state index contributed by atoms with van der Waals surface area (Å²) in [6.45, 7) is 3.94. The largest absolute Gasteiger partial charge is 0.381 e. The number of amides is 1. The normalized spacial score (nSPS) is 15.7. The molecule has 0 spiro atoms. The van der Waals surface area contributed by atoms with E-state index in [0.717, 1.165) is 36.5 Å². The van der Waals surface area contributed by atoms with Crippen LogP contribution in [-0.4, -0.2) is 37.2 Å². The molecule has 0 aliphatic carbocycles. The molecule has 0 unspecified atom stereocenters. The van der Waals surface area contributed by atoms with E-state index in [0.29, 0.717) is 16.8 Å². The molecular formula is C17H21N3O2S. The van der Waals surface area contributed by atoms with Crippen LogP contribution in [0.4, 0.5) is 10.8 Å². The highest BCUT2D eigenvalue weighted by Gasteiger charge is 2.19. The zero-order valence-electron chi connectivity index (χ0n) is 13.4. The smallest absolute Gasteiger partial charge is 0.257 e. The van der Waals surface area contributed by atoms with Gasteiger partial charge in [-0.3, -0.25) is 10.1 Å². The van der Waals surface area contributed by atoms with Crippen molar-refractivity contribution in [2.24, 2.45) is 0 Å². The quantitative estimate of drug-likeness (QED) is 0.934. The molecule has 1 fully saturated rings. The first kappa shape index (κ1) is 16.0. The molecule has 1 aliphatic heterocycles. The molecule has 0 radical (unpaired) electrons. The molecule has 2 heterocycles. The van der Waals surface area contributed by atoms with Crippen molar-refractivity contribution in [1.29, 1.82) is 0 Å². The fourth-order valence-electron chi connectivity index (χ4n) is 2.76. The van der Waals surface area contributed by atoms with Gasteiger partial charge in [0.2, 0.25) is 0 Å². The van der Waals surface area contributed by atoms with Gasteiger partial charge in [0.25, 0.3) is 5.91 Å². The first-order chi connectivity index (χ1) is 11.2. The van der Waals surface area contributed by atoms with Crippen molar-refractivity contribution in [3.05, 3.63) is 40.9 Å². The van der Waals surface area contributed by atoms with Gasteiger partial charge in [0, 0.05) is 42.5 Å². The van der Waals surface area contributed by atoms with Crippen LogP contribution in [0, 0.1) is 6.92 Å². The van der Waals surface area contributed by atoms with E-state index in [1.54, 1.807) is 13.3 Å². The Morgan fingerprint density at radius 1 is 1.30 bits per heavy atom. The molecule has 1 aromatic heterocycles. The Bertz CT molecular complexity index is 661. The summed E-state index contributed by atoms with van der Waals surface area (Å²) in [5.41, 5.74) is 1.80. The molecule has 3 rings (SSSR count). The summed E-state index contributed by atoms with van der Waals surface area (Å²) in [4.78, 5) is 19.8. The Hall–Kier alpha value is -1.92. The van der Waals surface area contributed by atoms with E-state index >= 15 is 0 Å². The van der Waals surface area contributed by atoms with Crippen LogP contribution in [0.25, 0.3) is 0 Å². The Balaban J connectivity index is 1.61. The standard InChI is InChI=1S/C17H21N3O2S/c1-12-11-18-17(23-12)19-16(21)13-3-5-14(6-4-13)20-9-7-15(22-2)8-10-20/h3-6,11,15H,7-10H2,1-2H3,(H,18,19,21). The van der Waals surface area contributed by atoms with Gasteiger partial charge in [0.1, 0.15) is 0 Å². The van der Waals surface area contributed by atoms with Crippen molar-refractivity contribution in [2.75, 3.05) is 30.4 Å². The molecule has 2 aromatic rings. The molecule has 1 saturated heterocycles. The van der Waals surface area contributed by atoms with Gasteiger partial charge >= 0.3 is 0 Å². The van der Waals surface area contributed by atoms with Crippen molar-refractivity contribution in [3.8, 4) is 0 Å². The molecule has 0 atom stereocenters. The zero-order chi connectivity index (χ0) is 16.2. The summed E-state index contributed by atoms with van der Waals surface area (Å²) in [6.07, 6.45) is 4.22. The van der Waals surface area contributed by atoms with Crippen LogP contribution >= 0.6 is 11.3 Å². The lowest BCUT2D eigenvalue weighted by Gasteiger charge is -2.33. The minimum Gasteiger partial charge on any atom is -0.381 e. The number of ether oxygens (including phenoxy) is 1. The maximum absolute atomic E-state index is 12.2. The Labute approximate surface area is 140 Å². The number of methoxy groups -OCH3 is 1. The van der Waals surface area contributed by atoms with Gasteiger partial charge in [0.05, 0.1) is 6.10 Å². The number of aromatic nitrogens is 1. The maximum Gasteiger partial charge on any atom is 0.257 e. The average molecular weight is 331 g/mol. The van der Waals surface area contributed by atoms with E-state index in [4.69, 9.17) is 4.74 Å². The highest BCUT2D eigenvalue weighted by atomic mass is 32.1. The van der Waals surface area contributed by atoms with Crippen molar-refractivity contribution in [2.45, 2.75) is 25.9 Å². The van der Waals surface area contributed by atoms with E-state index in [1.807, 2.05) is 31.2 Å². The lowest BCUT2D eigenvalue weighted by atomic mass is 10.1. The van der Waals surface area contributed by atoms with Gasteiger partial charge in [-0.25, -0.2) is 4.98 Å². The third-order valence-corrected chi connectivity index (χ3v) is 4.94. The summed E-state index contributed by atoms with van der Waals surface area (Å²) in [7, 11) is 1.78. The van der Waals surface area contributed by atoms with E-state index in [1.165, 1.54) is 11.3 Å². The Morgan fingerprint density at radius 3 is 2.57 bits per heavy atom. The second-order valence-corrected chi connectivity index (χ2v) is 6.93. The van der Waals surface area contributed by atoms with Crippen LogP contribution in [-0.2, 0) is 4.74 Å². The van der Waals surface area contributed by atoms with Gasteiger partial charge in [0.15, 0.2) is 5.13 Å². The number of carbonyl (C=O) groups excluding carboxylic acids is 1. The monoisotopic (exact) mass is 331 g/mol. The lowest BCUT2D eigenvalue weighted by Crippen LogP contribution is -2.36. The summed E-state index contributed by atoms with van der Waals surface area (Å²) >= 11 is 1.48. The number of benzene rings is 1. The second-order valence-electron chi connectivity index (χ2n) is 5.70. The van der Waals surface area contributed by atoms with Gasteiger partial charge in [-0.2, -0.15) is 0 Å². The molecule has 5 nitrogen and oxygen atoms in total. The minimum atomic E-state index is -0.121. The number of hydrogen-bond donors (Lipinski definition) is 1. The zero-order valence-corrected chi connectivity index (χ0v) is 14.2. The number of nitrogens with zero attached hydrogens (tertiary/aromatic N) is 2. The Kier molecular flexibility index (Phi) is 4.93. The first-order valence-corrected chi connectivity index (χ1v) is 8.59. The fraction of sp³-hybridized carbons (Fsp3) is 0.412. The molecule has 1 aliphatic rings. The topological polar surface area (TPSA) is 54.5 Å². The molecule has 1 aromatic carbocycles. The van der Waals surface area contributed by atoms with Crippen molar-refractivity contribution in [1.82, 2.24) is 4.98 Å². The summed E-state index contributed by atoms with van der Waals surface area (Å²) in [6, 6.07) is 7.76. The maximum atomic E-state index is 12.2. The molecule has 1 N–H and O–H groups in total. The van der Waals surface area contributed by atoms with Crippen LogP contribution in [0.2, 0.25) is 0 Å². The number of anilines is 2. The van der Waals surface area contributed by atoms with E-state index < -0.39 is 0 Å². The highest BCUT2D eigenvalue weighted by molar-refractivity contribution is 7.15. The Morgan fingerprint density at radius 2 is 2.00 bits per heavy atom. The number of rotatable bonds is 4. The van der Waals surface area contributed by atoms with Crippen LogP contribution in [0.5, 0.6) is 0 Å². The van der Waals surface area contributed by atoms with Gasteiger partial charge in [-0.05, 0) is 44.0 Å². The van der Waals surface area contributed by atoms with Crippen LogP contribution in [0.15, 0.2) is 30.5 Å². The number of hydrogen-bond acceptors (Lipinski definition) is 5. The number of carbonyl (C=O) groups is 1. The summed E-state index contributed by atoms with van der Waals surface area (Å²) in [5, 5.41) is 3.47. The summed E-state index contributed by atoms with van der Waals surface area (Å²) in [5.74, 6) is -0.121. The van der Waals surface area contributed by atoms with E-state index in [-0.39, 0.29) is 5.91 Å².